The molecule has 0 spiro atoms. The third kappa shape index (κ3) is 13.0. The van der Waals surface area contributed by atoms with Gasteiger partial charge in [-0.3, -0.25) is 4.68 Å². The number of aromatic nitrogens is 4. The maximum Gasteiger partial charge on any atom is 0.410 e. The van der Waals surface area contributed by atoms with Crippen LogP contribution in [0.4, 0.5) is 21.0 Å². The first-order valence-electron chi connectivity index (χ1n) is 22.6. The Labute approximate surface area is 379 Å². The van der Waals surface area contributed by atoms with Crippen molar-refractivity contribution in [3.05, 3.63) is 145 Å². The number of hydrogen-bond acceptors (Lipinski definition) is 7. The standard InChI is InChI=1S/2C26H32N4O2/c1-26(2,3)32-25(31)29-19-17-28(18-20-29)23-11-9-22(10-12-23)24-13-15-27-30(24)16-14-21-7-5-4-6-8-21;1-26(2,3)32-25(31)29-19-17-28(18-20-29)23-11-9-22(10-12-23)24-14-16-30(27-24)15-13-21-7-5-4-6-8-21/h4-13,15H,14,16-20H2,1-3H3;4-12,14,16H,13,15,17-20H2,1-3H3/p+1. The molecule has 2 saturated heterocycles. The summed E-state index contributed by atoms with van der Waals surface area (Å²) in [7, 11) is 0. The molecule has 336 valence electrons. The molecule has 0 unspecified atom stereocenters. The van der Waals surface area contributed by atoms with Gasteiger partial charge in [-0.25, -0.2) is 9.59 Å². The Kier molecular flexibility index (Phi) is 14.7. The Morgan fingerprint density at radius 2 is 1.05 bits per heavy atom. The summed E-state index contributed by atoms with van der Waals surface area (Å²) in [4.78, 5) is 32.8. The lowest BCUT2D eigenvalue weighted by atomic mass is 10.1. The fourth-order valence-corrected chi connectivity index (χ4v) is 7.85. The van der Waals surface area contributed by atoms with E-state index >= 15 is 0 Å². The fraction of sp³-hybridized carbons (Fsp3) is 0.385. The minimum atomic E-state index is -0.460. The number of anilines is 2. The van der Waals surface area contributed by atoms with Crippen LogP contribution in [0.15, 0.2) is 134 Å². The van der Waals surface area contributed by atoms with Crippen molar-refractivity contribution in [2.24, 2.45) is 0 Å². The maximum absolute atomic E-state index is 12.3. The van der Waals surface area contributed by atoms with Crippen LogP contribution in [0.1, 0.15) is 52.7 Å². The Hall–Kier alpha value is -6.56. The topological polar surface area (TPSA) is 103 Å². The summed E-state index contributed by atoms with van der Waals surface area (Å²) in [6.07, 6.45) is 5.54. The average Bonchev–Trinajstić information content (AvgIpc) is 3.98. The third-order valence-electron chi connectivity index (χ3n) is 11.3. The zero-order chi connectivity index (χ0) is 45.1. The summed E-state index contributed by atoms with van der Waals surface area (Å²) < 4.78 is 15.2. The van der Waals surface area contributed by atoms with E-state index in [1.54, 1.807) is 9.80 Å². The van der Waals surface area contributed by atoms with Gasteiger partial charge in [-0.1, -0.05) is 72.8 Å². The molecule has 0 saturated carbocycles. The van der Waals surface area contributed by atoms with Crippen LogP contribution < -0.4 is 14.5 Å². The lowest BCUT2D eigenvalue weighted by molar-refractivity contribution is -0.739. The molecule has 0 bridgehead atoms. The van der Waals surface area contributed by atoms with E-state index in [0.717, 1.165) is 63.4 Å². The Balaban J connectivity index is 0.000000191. The summed E-state index contributed by atoms with van der Waals surface area (Å²) in [5.74, 6) is 0. The molecule has 1 N–H and O–H groups in total. The highest BCUT2D eigenvalue weighted by Gasteiger charge is 2.28. The monoisotopic (exact) mass is 866 g/mol. The van der Waals surface area contributed by atoms with Crippen LogP contribution in [0.3, 0.4) is 0 Å². The number of carbonyl (C=O) groups excluding carboxylic acids is 2. The molecule has 2 aliphatic heterocycles. The normalized spacial score (nSPS) is 14.5. The number of H-pyrrole nitrogens is 1. The van der Waals surface area contributed by atoms with Gasteiger partial charge >= 0.3 is 12.2 Å². The molecule has 2 fully saturated rings. The lowest BCUT2D eigenvalue weighted by Crippen LogP contribution is -2.50. The van der Waals surface area contributed by atoms with E-state index in [-0.39, 0.29) is 12.2 Å². The number of nitrogens with zero attached hydrogens (tertiary/aromatic N) is 7. The number of rotatable bonds is 10. The highest BCUT2D eigenvalue weighted by molar-refractivity contribution is 5.70. The molecular weight excluding hydrogens is 801 g/mol. The molecule has 64 heavy (non-hydrogen) atoms. The number of aryl methyl sites for hydroxylation is 4. The van der Waals surface area contributed by atoms with Crippen LogP contribution in [0, 0.1) is 0 Å². The quantitative estimate of drug-likeness (QED) is 0.137. The molecule has 2 amide bonds. The first-order chi connectivity index (χ1) is 30.8. The van der Waals surface area contributed by atoms with Gasteiger partial charge in [0, 0.05) is 100 Å². The molecule has 0 radical (unpaired) electrons. The molecule has 8 rings (SSSR count). The molecule has 12 nitrogen and oxygen atoms in total. The number of aromatic amines is 1. The first kappa shape index (κ1) is 45.5. The second kappa shape index (κ2) is 20.7. The third-order valence-corrected chi connectivity index (χ3v) is 11.3. The number of benzene rings is 4. The highest BCUT2D eigenvalue weighted by Crippen LogP contribution is 2.25. The van der Waals surface area contributed by atoms with Crippen molar-refractivity contribution >= 4 is 23.6 Å². The molecule has 0 atom stereocenters. The summed E-state index contributed by atoms with van der Waals surface area (Å²) in [6.45, 7) is 19.1. The SMILES string of the molecule is CC(C)(C)OC(=O)N1CCN(c2ccc(-c3cc[nH][n+]3CCc3ccccc3)cc2)CC1.CC(C)(C)OC(=O)N1CCN(c2ccc(-c3ccn(CCc4ccccc4)n3)cc2)CC1. The summed E-state index contributed by atoms with van der Waals surface area (Å²) in [5, 5.41) is 8.08. The van der Waals surface area contributed by atoms with E-state index in [4.69, 9.17) is 14.6 Å². The Morgan fingerprint density at radius 3 is 1.53 bits per heavy atom. The van der Waals surface area contributed by atoms with Crippen LogP contribution in [-0.4, -0.2) is 100 Å². The van der Waals surface area contributed by atoms with Crippen LogP contribution in [0.2, 0.25) is 0 Å². The van der Waals surface area contributed by atoms with Crippen molar-refractivity contribution in [1.29, 1.82) is 0 Å². The zero-order valence-corrected chi connectivity index (χ0v) is 38.5. The largest absolute Gasteiger partial charge is 0.444 e. The highest BCUT2D eigenvalue weighted by atomic mass is 16.6. The lowest BCUT2D eigenvalue weighted by Gasteiger charge is -2.36. The summed E-state index contributed by atoms with van der Waals surface area (Å²) in [5.41, 5.74) is 8.56. The van der Waals surface area contributed by atoms with E-state index < -0.39 is 11.2 Å². The van der Waals surface area contributed by atoms with Crippen molar-refractivity contribution in [2.75, 3.05) is 62.2 Å². The van der Waals surface area contributed by atoms with E-state index in [1.165, 1.54) is 33.8 Å². The second-order valence-corrected chi connectivity index (χ2v) is 18.4. The zero-order valence-electron chi connectivity index (χ0n) is 38.5. The van der Waals surface area contributed by atoms with Gasteiger partial charge in [-0.05, 0) is 102 Å². The Bertz CT molecular complexity index is 2370. The molecule has 6 aromatic rings. The maximum atomic E-state index is 12.3. The van der Waals surface area contributed by atoms with Gasteiger partial charge in [-0.15, -0.1) is 4.68 Å². The van der Waals surface area contributed by atoms with Gasteiger partial charge in [0.1, 0.15) is 11.2 Å². The average molecular weight is 866 g/mol. The van der Waals surface area contributed by atoms with Gasteiger partial charge in [0.15, 0.2) is 6.54 Å². The minimum absolute atomic E-state index is 0.222. The van der Waals surface area contributed by atoms with Crippen LogP contribution >= 0.6 is 0 Å². The number of carbonyl (C=O) groups is 2. The van der Waals surface area contributed by atoms with Gasteiger partial charge in [0.25, 0.3) is 0 Å². The molecular formula is C52H65N8O4+. The predicted molar refractivity (Wildman–Crippen MR) is 254 cm³/mol. The summed E-state index contributed by atoms with van der Waals surface area (Å²) in [6, 6.07) is 42.5. The van der Waals surface area contributed by atoms with Crippen molar-refractivity contribution in [3.63, 3.8) is 0 Å². The van der Waals surface area contributed by atoms with Gasteiger partial charge in [0.2, 0.25) is 5.69 Å². The molecule has 4 heterocycles. The minimum Gasteiger partial charge on any atom is -0.444 e. The number of nitrogens with one attached hydrogen (secondary N) is 1. The van der Waals surface area contributed by atoms with Crippen molar-refractivity contribution in [3.8, 4) is 22.5 Å². The van der Waals surface area contributed by atoms with E-state index in [2.05, 4.69) is 135 Å². The number of piperazine rings is 2. The Morgan fingerprint density at radius 1 is 0.578 bits per heavy atom. The van der Waals surface area contributed by atoms with E-state index in [0.29, 0.717) is 26.2 Å². The summed E-state index contributed by atoms with van der Waals surface area (Å²) >= 11 is 0. The van der Waals surface area contributed by atoms with Gasteiger partial charge < -0.3 is 29.1 Å². The van der Waals surface area contributed by atoms with Crippen LogP contribution in [-0.2, 0) is 35.4 Å². The van der Waals surface area contributed by atoms with Crippen molar-refractivity contribution < 1.29 is 23.7 Å². The van der Waals surface area contributed by atoms with Crippen molar-refractivity contribution in [2.45, 2.75) is 78.7 Å². The van der Waals surface area contributed by atoms with Crippen LogP contribution in [0.25, 0.3) is 22.5 Å². The molecule has 0 aliphatic carbocycles. The first-order valence-corrected chi connectivity index (χ1v) is 22.6. The van der Waals surface area contributed by atoms with Crippen molar-refractivity contribution in [1.82, 2.24) is 24.7 Å². The van der Waals surface area contributed by atoms with Gasteiger partial charge in [0.05, 0.1) is 11.9 Å². The fourth-order valence-electron chi connectivity index (χ4n) is 7.85. The number of hydrogen-bond donors (Lipinski definition) is 1. The number of ether oxygens (including phenoxy) is 2. The van der Waals surface area contributed by atoms with E-state index in [9.17, 15) is 9.59 Å². The molecule has 2 aliphatic rings. The molecule has 2 aromatic heterocycles. The molecule has 12 heteroatoms. The van der Waals surface area contributed by atoms with Gasteiger partial charge in [-0.2, -0.15) is 10.2 Å². The predicted octanol–water partition coefficient (Wildman–Crippen LogP) is 9.12. The van der Waals surface area contributed by atoms with Crippen LogP contribution in [0.5, 0.6) is 0 Å². The second-order valence-electron chi connectivity index (χ2n) is 18.4. The number of amides is 2. The molecule has 4 aromatic carbocycles. The van der Waals surface area contributed by atoms with E-state index in [1.807, 2.05) is 64.7 Å². The smallest absolute Gasteiger partial charge is 0.410 e.